The Morgan fingerprint density at radius 3 is 0.816 bits per heavy atom. The molecule has 0 atom stereocenters. The molecule has 0 saturated heterocycles. The SMILES string of the molecule is CC(C)CCc1ccc(-c2ccc(-c3nnc(-c4ccc(C(C)(C)C)cc4)o3)cc2)cc1.CC(C)CCc1ccc(-c2nnc(-c3ccc(C(C)(C)C)cc3)o2)cc1.CC(C)CCc1ccc(-n2c3ccccc3c3ccccc32)cc1.CC(C)CCc1ccc(C2c3ccc(CCn4c5ccccc5c5ccccc54)cc3-c3cc(CCn4c5ccccc5c5ccccc54)ccc32)cc1. The first-order valence-electron chi connectivity index (χ1n) is 49.5. The highest BCUT2D eigenvalue weighted by atomic mass is 16.4. The van der Waals surface area contributed by atoms with E-state index in [0.717, 1.165) is 91.6 Å². The minimum Gasteiger partial charge on any atom is -0.416 e. The molecule has 9 heteroatoms. The highest BCUT2D eigenvalue weighted by molar-refractivity contribution is 6.10. The van der Waals surface area contributed by atoms with Crippen LogP contribution in [-0.2, 0) is 62.4 Å². The van der Waals surface area contributed by atoms with E-state index in [2.05, 4.69) is 446 Å². The third-order valence-corrected chi connectivity index (χ3v) is 27.4. The average molecular weight is 1790 g/mol. The van der Waals surface area contributed by atoms with Crippen LogP contribution in [0.15, 0.2) is 361 Å². The zero-order chi connectivity index (χ0) is 94.1. The van der Waals surface area contributed by atoms with Crippen molar-refractivity contribution in [2.45, 2.75) is 191 Å². The Morgan fingerprint density at radius 1 is 0.257 bits per heavy atom. The van der Waals surface area contributed by atoms with Crippen LogP contribution in [0, 0.1) is 23.7 Å². The Labute approximate surface area is 804 Å². The minimum atomic E-state index is 0.120. The Bertz CT molecular complexity index is 7120. The monoisotopic (exact) mass is 1780 g/mol. The van der Waals surface area contributed by atoms with E-state index in [9.17, 15) is 0 Å². The second kappa shape index (κ2) is 41.0. The van der Waals surface area contributed by atoms with Crippen molar-refractivity contribution in [3.8, 4) is 73.8 Å². The predicted molar refractivity (Wildman–Crippen MR) is 572 cm³/mol. The van der Waals surface area contributed by atoms with E-state index in [1.54, 1.807) is 0 Å². The molecule has 1 aliphatic carbocycles. The second-order valence-electron chi connectivity index (χ2n) is 41.1. The fourth-order valence-electron chi connectivity index (χ4n) is 19.3. The third-order valence-electron chi connectivity index (χ3n) is 27.4. The van der Waals surface area contributed by atoms with Crippen molar-refractivity contribution in [3.05, 3.63) is 413 Å². The van der Waals surface area contributed by atoms with Crippen molar-refractivity contribution in [1.29, 1.82) is 0 Å². The molecule has 136 heavy (non-hydrogen) atoms. The number of para-hydroxylation sites is 6. The standard InChI is InChI=1S/C52H46N2.C29H32N2O.C23H28N2O.C23H23N/c1-35(2)19-20-36-21-25-39(26-22-36)52-44-27-23-37(29-31-53-48-15-7-3-11-40(48)41-12-4-8-16-49(41)53)33-46(44)47-34-38(24-28-45(47)52)30-32-54-50-17-9-5-13-42(50)43-14-6-10-18-51(43)54;1-20(2)6-7-21-8-10-22(11-9-21)23-12-14-24(15-13-23)27-30-31-28(32-27)25-16-18-26(19-17-25)29(3,4)5;1-16(2)6-7-17-8-10-18(11-9-17)21-24-25-22(26-21)19-12-14-20(15-13-19)23(3,4)5;1-17(2)11-12-18-13-15-19(16-14-18)24-22-9-5-3-7-20(22)21-8-4-6-10-23(21)24/h3-18,21-28,33-35,52H,19-20,29-32H2,1-2H3;8-20H,6-7H2,1-5H3;8-16H,6-7H2,1-5H3;3-10,13-17H,11-12H2,1-2H3. The van der Waals surface area contributed by atoms with Crippen LogP contribution in [0.25, 0.3) is 139 Å². The maximum Gasteiger partial charge on any atom is 0.248 e. The van der Waals surface area contributed by atoms with E-state index in [4.69, 9.17) is 8.83 Å². The predicted octanol–water partition coefficient (Wildman–Crippen LogP) is 33.8. The van der Waals surface area contributed by atoms with Crippen LogP contribution >= 0.6 is 0 Å². The molecule has 15 aromatic carbocycles. The fourth-order valence-corrected chi connectivity index (χ4v) is 19.3. The van der Waals surface area contributed by atoms with E-state index in [1.165, 1.54) is 180 Å². The number of nitrogens with zero attached hydrogens (tertiary/aromatic N) is 7. The van der Waals surface area contributed by atoms with E-state index in [0.29, 0.717) is 29.5 Å². The summed E-state index contributed by atoms with van der Waals surface area (Å²) < 4.78 is 19.3. The lowest BCUT2D eigenvalue weighted by Crippen LogP contribution is -2.10. The van der Waals surface area contributed by atoms with Gasteiger partial charge in [-0.2, -0.15) is 0 Å². The van der Waals surface area contributed by atoms with Crippen LogP contribution < -0.4 is 0 Å². The molecule has 0 saturated carbocycles. The van der Waals surface area contributed by atoms with Crippen molar-refractivity contribution < 1.29 is 8.83 Å². The van der Waals surface area contributed by atoms with Gasteiger partial charge >= 0.3 is 0 Å². The van der Waals surface area contributed by atoms with Gasteiger partial charge in [0.25, 0.3) is 0 Å². The summed E-state index contributed by atoms with van der Waals surface area (Å²) >= 11 is 0. The molecular weight excluding hydrogens is 1660 g/mol. The number of hydrogen-bond acceptors (Lipinski definition) is 6. The topological polar surface area (TPSA) is 92.6 Å². The summed E-state index contributed by atoms with van der Waals surface area (Å²) in [4.78, 5) is 0. The lowest BCUT2D eigenvalue weighted by Gasteiger charge is -2.18. The zero-order valence-electron chi connectivity index (χ0n) is 81.8. The largest absolute Gasteiger partial charge is 0.416 e. The van der Waals surface area contributed by atoms with Crippen LogP contribution in [0.5, 0.6) is 0 Å². The van der Waals surface area contributed by atoms with E-state index < -0.39 is 0 Å². The van der Waals surface area contributed by atoms with Gasteiger partial charge in [-0.3, -0.25) is 0 Å². The van der Waals surface area contributed by atoms with Gasteiger partial charge < -0.3 is 22.5 Å². The van der Waals surface area contributed by atoms with Crippen molar-refractivity contribution >= 4 is 65.4 Å². The van der Waals surface area contributed by atoms with Gasteiger partial charge in [0.1, 0.15) is 0 Å². The van der Waals surface area contributed by atoms with Gasteiger partial charge in [-0.1, -0.05) is 352 Å². The number of hydrogen-bond donors (Lipinski definition) is 0. The summed E-state index contributed by atoms with van der Waals surface area (Å²) in [5.41, 5.74) is 33.5. The summed E-state index contributed by atoms with van der Waals surface area (Å²) in [6.45, 7) is 33.4. The molecule has 684 valence electrons. The van der Waals surface area contributed by atoms with Gasteiger partial charge in [0.05, 0.1) is 11.0 Å². The van der Waals surface area contributed by atoms with Crippen LogP contribution in [0.4, 0.5) is 0 Å². The van der Waals surface area contributed by atoms with Crippen molar-refractivity contribution in [2.75, 3.05) is 0 Å². The van der Waals surface area contributed by atoms with Crippen molar-refractivity contribution in [2.24, 2.45) is 23.7 Å². The molecule has 5 heterocycles. The Kier molecular flexibility index (Phi) is 27.9. The van der Waals surface area contributed by atoms with Gasteiger partial charge in [0.15, 0.2) is 0 Å². The first-order chi connectivity index (χ1) is 66.0. The molecule has 5 aromatic heterocycles. The maximum atomic E-state index is 5.97. The number of aromatic nitrogens is 7. The normalized spacial score (nSPS) is 12.2. The average Bonchev–Trinajstić information content (AvgIpc) is 1.60. The molecule has 0 unspecified atom stereocenters. The van der Waals surface area contributed by atoms with Gasteiger partial charge in [-0.15, -0.1) is 20.4 Å². The zero-order valence-corrected chi connectivity index (χ0v) is 81.8. The summed E-state index contributed by atoms with van der Waals surface area (Å²) in [5, 5.41) is 24.9. The van der Waals surface area contributed by atoms with Crippen molar-refractivity contribution in [1.82, 2.24) is 34.1 Å². The van der Waals surface area contributed by atoms with E-state index >= 15 is 0 Å². The molecular formula is C127H129N7O2. The maximum absolute atomic E-state index is 5.97. The van der Waals surface area contributed by atoms with Crippen LogP contribution in [0.1, 0.15) is 190 Å². The quantitative estimate of drug-likeness (QED) is 0.0566. The molecule has 0 radical (unpaired) electrons. The number of benzene rings is 15. The molecule has 1 aliphatic rings. The van der Waals surface area contributed by atoms with Gasteiger partial charge in [-0.05, 0) is 279 Å². The van der Waals surface area contributed by atoms with Gasteiger partial charge in [0, 0.05) is 101 Å². The fraction of sp³-hybridized carbons (Fsp3) is 0.260. The molecule has 0 bridgehead atoms. The Hall–Kier alpha value is -14.0. The van der Waals surface area contributed by atoms with Crippen LogP contribution in [0.2, 0.25) is 0 Å². The van der Waals surface area contributed by atoms with Gasteiger partial charge in [-0.25, -0.2) is 0 Å². The van der Waals surface area contributed by atoms with Gasteiger partial charge in [0.2, 0.25) is 23.6 Å². The summed E-state index contributed by atoms with van der Waals surface area (Å²) in [5.74, 6) is 5.37. The highest BCUT2D eigenvalue weighted by Gasteiger charge is 2.31. The lowest BCUT2D eigenvalue weighted by molar-refractivity contribution is 0.581. The lowest BCUT2D eigenvalue weighted by atomic mass is 9.87. The molecule has 0 N–H and O–H groups in total. The van der Waals surface area contributed by atoms with Crippen LogP contribution in [0.3, 0.4) is 0 Å². The molecule has 20 aromatic rings. The molecule has 0 aliphatic heterocycles. The minimum absolute atomic E-state index is 0.120. The smallest absolute Gasteiger partial charge is 0.248 e. The first-order valence-corrected chi connectivity index (χ1v) is 49.5. The van der Waals surface area contributed by atoms with Crippen LogP contribution in [-0.4, -0.2) is 34.1 Å². The van der Waals surface area contributed by atoms with E-state index in [-0.39, 0.29) is 16.7 Å². The summed E-state index contributed by atoms with van der Waals surface area (Å²) in [7, 11) is 0. The molecule has 0 amide bonds. The summed E-state index contributed by atoms with van der Waals surface area (Å²) in [6.07, 6.45) is 11.4. The third kappa shape index (κ3) is 21.1. The highest BCUT2D eigenvalue weighted by Crippen LogP contribution is 2.50. The second-order valence-corrected chi connectivity index (χ2v) is 41.1. The van der Waals surface area contributed by atoms with E-state index in [1.807, 2.05) is 36.4 Å². The molecule has 9 nitrogen and oxygen atoms in total. The first kappa shape index (κ1) is 92.4. The number of fused-ring (bicyclic) bond motifs is 12. The Balaban J connectivity index is 0.000000129. The molecule has 0 spiro atoms. The number of rotatable bonds is 25. The Morgan fingerprint density at radius 2 is 0.507 bits per heavy atom. The molecule has 0 fully saturated rings. The molecule has 21 rings (SSSR count). The number of aryl methyl sites for hydroxylation is 8. The van der Waals surface area contributed by atoms with Crippen molar-refractivity contribution in [3.63, 3.8) is 0 Å². The summed E-state index contributed by atoms with van der Waals surface area (Å²) in [6, 6.07) is 128.